The third kappa shape index (κ3) is 4.52. The molecule has 0 aliphatic carbocycles. The number of nitrogens with zero attached hydrogens (tertiary/aromatic N) is 3. The van der Waals surface area contributed by atoms with Crippen LogP contribution in [0.15, 0.2) is 0 Å². The molecule has 1 fully saturated rings. The molecule has 2 radical (unpaired) electrons. The maximum atomic E-state index is 3.61. The lowest BCUT2D eigenvalue weighted by Gasteiger charge is -2.43. The molecule has 0 atom stereocenters. The lowest BCUT2D eigenvalue weighted by Crippen LogP contribution is -2.52. The molecule has 0 amide bonds. The van der Waals surface area contributed by atoms with E-state index in [1.807, 2.05) is 0 Å². The average Bonchev–Trinajstić information content (AvgIpc) is 2.29. The van der Waals surface area contributed by atoms with Gasteiger partial charge in [-0.2, -0.15) is 0 Å². The highest BCUT2D eigenvalue weighted by Gasteiger charge is 2.26. The molecule has 0 aromatic rings. The molecule has 18 heavy (non-hydrogen) atoms. The van der Waals surface area contributed by atoms with Crippen LogP contribution in [-0.2, 0) is 0 Å². The summed E-state index contributed by atoms with van der Waals surface area (Å²) >= 11 is 0. The normalized spacial score (nSPS) is 18.8. The summed E-state index contributed by atoms with van der Waals surface area (Å²) in [5, 5.41) is 4.78. The van der Waals surface area contributed by atoms with Gasteiger partial charge in [0, 0.05) is 31.2 Å². The van der Waals surface area contributed by atoms with E-state index in [0.717, 1.165) is 0 Å². The Morgan fingerprint density at radius 3 is 1.67 bits per heavy atom. The van der Waals surface area contributed by atoms with Crippen molar-refractivity contribution in [2.75, 3.05) is 13.1 Å². The molecule has 0 unspecified atom stereocenters. The van der Waals surface area contributed by atoms with Gasteiger partial charge < -0.3 is 0 Å². The first kappa shape index (κ1) is 15.9. The van der Waals surface area contributed by atoms with Crippen molar-refractivity contribution in [1.82, 2.24) is 14.9 Å². The fourth-order valence-electron chi connectivity index (χ4n) is 2.54. The first-order valence-corrected chi connectivity index (χ1v) is 7.52. The van der Waals surface area contributed by atoms with Crippen molar-refractivity contribution in [2.24, 2.45) is 0 Å². The zero-order valence-electron chi connectivity index (χ0n) is 13.1. The van der Waals surface area contributed by atoms with Gasteiger partial charge in [0.2, 0.25) is 0 Å². The number of hydrogen-bond acceptors (Lipinski definition) is 3. The smallest absolute Gasteiger partial charge is 0.162 e. The fraction of sp³-hybridized carbons (Fsp3) is 0.933. The molecule has 1 saturated heterocycles. The van der Waals surface area contributed by atoms with Gasteiger partial charge in [-0.1, -0.05) is 6.42 Å². The van der Waals surface area contributed by atoms with Crippen LogP contribution in [0.2, 0.25) is 0 Å². The molecule has 0 spiro atoms. The molecular formula is C15H31N3. The van der Waals surface area contributed by atoms with Crippen LogP contribution in [0.1, 0.15) is 60.8 Å². The van der Waals surface area contributed by atoms with E-state index >= 15 is 0 Å². The summed E-state index contributed by atoms with van der Waals surface area (Å²) < 4.78 is 0. The Bertz CT molecular complexity index is 212. The van der Waals surface area contributed by atoms with E-state index in [4.69, 9.17) is 0 Å². The number of hydrazine groups is 1. The second-order valence-electron chi connectivity index (χ2n) is 6.15. The third-order valence-corrected chi connectivity index (χ3v) is 3.46. The van der Waals surface area contributed by atoms with Crippen LogP contribution in [0.4, 0.5) is 0 Å². The second kappa shape index (κ2) is 7.46. The van der Waals surface area contributed by atoms with Crippen molar-refractivity contribution >= 4 is 0 Å². The van der Waals surface area contributed by atoms with Gasteiger partial charge in [0.1, 0.15) is 0 Å². The molecule has 3 nitrogen and oxygen atoms in total. The quantitative estimate of drug-likeness (QED) is 0.673. The standard InChI is InChI=1S/C15H31N3/c1-13(2)17(14(3)4)12-18(15(5)6)16-10-8-7-9-11-16/h13-15H,7-11H2,1-6H3. The van der Waals surface area contributed by atoms with Crippen LogP contribution in [0.3, 0.4) is 0 Å². The van der Waals surface area contributed by atoms with Crippen LogP contribution < -0.4 is 0 Å². The highest BCUT2D eigenvalue weighted by atomic mass is 15.7. The number of hydrogen-bond donors (Lipinski definition) is 0. The molecular weight excluding hydrogens is 222 g/mol. The largest absolute Gasteiger partial charge is 0.274 e. The Kier molecular flexibility index (Phi) is 6.61. The van der Waals surface area contributed by atoms with Gasteiger partial charge in [-0.25, -0.2) is 10.0 Å². The Hall–Kier alpha value is -0.120. The van der Waals surface area contributed by atoms with E-state index in [2.05, 4.69) is 63.1 Å². The Morgan fingerprint density at radius 2 is 1.28 bits per heavy atom. The van der Waals surface area contributed by atoms with Gasteiger partial charge >= 0.3 is 0 Å². The number of piperidine rings is 1. The van der Waals surface area contributed by atoms with Crippen LogP contribution in [0, 0.1) is 6.67 Å². The van der Waals surface area contributed by atoms with Crippen LogP contribution in [0.25, 0.3) is 0 Å². The summed E-state index contributed by atoms with van der Waals surface area (Å²) in [6.45, 7) is 19.4. The maximum absolute atomic E-state index is 3.61. The summed E-state index contributed by atoms with van der Waals surface area (Å²) in [5.41, 5.74) is 0. The highest BCUT2D eigenvalue weighted by Crippen LogP contribution is 2.19. The van der Waals surface area contributed by atoms with Gasteiger partial charge in [0.05, 0.1) is 0 Å². The number of rotatable bonds is 6. The van der Waals surface area contributed by atoms with Crippen molar-refractivity contribution in [3.05, 3.63) is 6.67 Å². The molecule has 1 aliphatic heterocycles. The zero-order valence-corrected chi connectivity index (χ0v) is 13.1. The summed E-state index contributed by atoms with van der Waals surface area (Å²) in [7, 11) is 0. The predicted octanol–water partition coefficient (Wildman–Crippen LogP) is 3.21. The topological polar surface area (TPSA) is 9.72 Å². The molecule has 106 valence electrons. The van der Waals surface area contributed by atoms with Gasteiger partial charge in [0.15, 0.2) is 6.67 Å². The predicted molar refractivity (Wildman–Crippen MR) is 77.8 cm³/mol. The Balaban J connectivity index is 2.65. The second-order valence-corrected chi connectivity index (χ2v) is 6.15. The van der Waals surface area contributed by atoms with Crippen LogP contribution in [-0.4, -0.2) is 46.1 Å². The minimum Gasteiger partial charge on any atom is -0.274 e. The van der Waals surface area contributed by atoms with Crippen molar-refractivity contribution in [1.29, 1.82) is 0 Å². The van der Waals surface area contributed by atoms with E-state index in [-0.39, 0.29) is 0 Å². The van der Waals surface area contributed by atoms with E-state index < -0.39 is 0 Å². The molecule has 0 aromatic carbocycles. The molecule has 0 bridgehead atoms. The van der Waals surface area contributed by atoms with Crippen molar-refractivity contribution in [2.45, 2.75) is 78.9 Å². The molecule has 3 heteroatoms. The minimum atomic E-state index is 0.475. The monoisotopic (exact) mass is 253 g/mol. The van der Waals surface area contributed by atoms with Crippen molar-refractivity contribution in [3.63, 3.8) is 0 Å². The Morgan fingerprint density at radius 1 is 0.778 bits per heavy atom. The molecule has 1 heterocycles. The first-order valence-electron chi connectivity index (χ1n) is 7.52. The lowest BCUT2D eigenvalue weighted by molar-refractivity contribution is -0.0712. The van der Waals surface area contributed by atoms with Crippen molar-refractivity contribution in [3.8, 4) is 0 Å². The van der Waals surface area contributed by atoms with Gasteiger partial charge in [-0.3, -0.25) is 4.90 Å². The van der Waals surface area contributed by atoms with Crippen LogP contribution in [0.5, 0.6) is 0 Å². The summed E-state index contributed by atoms with van der Waals surface area (Å²) in [6, 6.07) is 1.47. The molecule has 0 aromatic heterocycles. The SMILES string of the molecule is CC(C)N([C]N(C(C)C)N1CCCCC1)C(C)C. The van der Waals surface area contributed by atoms with Gasteiger partial charge in [-0.15, -0.1) is 0 Å². The van der Waals surface area contributed by atoms with E-state index in [1.165, 1.54) is 32.4 Å². The first-order chi connectivity index (χ1) is 8.43. The van der Waals surface area contributed by atoms with E-state index in [1.54, 1.807) is 0 Å². The average molecular weight is 253 g/mol. The van der Waals surface area contributed by atoms with E-state index in [9.17, 15) is 0 Å². The molecule has 0 N–H and O–H groups in total. The zero-order chi connectivity index (χ0) is 13.7. The van der Waals surface area contributed by atoms with E-state index in [0.29, 0.717) is 18.1 Å². The molecule has 0 saturated carbocycles. The third-order valence-electron chi connectivity index (χ3n) is 3.46. The fourth-order valence-corrected chi connectivity index (χ4v) is 2.54. The summed E-state index contributed by atoms with van der Waals surface area (Å²) in [4.78, 5) is 2.33. The highest BCUT2D eigenvalue weighted by molar-refractivity contribution is 4.79. The van der Waals surface area contributed by atoms with Gasteiger partial charge in [0.25, 0.3) is 0 Å². The summed E-state index contributed by atoms with van der Waals surface area (Å²) in [6.07, 6.45) is 4.00. The van der Waals surface area contributed by atoms with Gasteiger partial charge in [-0.05, 0) is 54.4 Å². The summed E-state index contributed by atoms with van der Waals surface area (Å²) in [5.74, 6) is 0. The lowest BCUT2D eigenvalue weighted by atomic mass is 10.1. The Labute approximate surface area is 114 Å². The van der Waals surface area contributed by atoms with Crippen LogP contribution >= 0.6 is 0 Å². The molecule has 1 rings (SSSR count). The maximum Gasteiger partial charge on any atom is 0.162 e. The minimum absolute atomic E-state index is 0.475. The molecule has 1 aliphatic rings. The van der Waals surface area contributed by atoms with Crippen molar-refractivity contribution < 1.29 is 0 Å².